The molecule has 0 amide bonds. The Morgan fingerprint density at radius 2 is 1.95 bits per heavy atom. The van der Waals surface area contributed by atoms with E-state index in [2.05, 4.69) is 0 Å². The molecule has 2 heteroatoms. The Morgan fingerprint density at radius 1 is 1.11 bits per heavy atom. The molecule has 2 aromatic rings. The van der Waals surface area contributed by atoms with Crippen LogP contribution >= 0.6 is 0 Å². The Bertz CT molecular complexity index is 619. The van der Waals surface area contributed by atoms with Gasteiger partial charge in [0.1, 0.15) is 5.76 Å². The summed E-state index contributed by atoms with van der Waals surface area (Å²) >= 11 is 0. The van der Waals surface area contributed by atoms with Crippen LogP contribution in [0.25, 0.3) is 6.08 Å². The zero-order chi connectivity index (χ0) is 13.1. The average molecular weight is 250 g/mol. The molecule has 0 saturated carbocycles. The second kappa shape index (κ2) is 5.11. The molecule has 0 bridgehead atoms. The molecule has 94 valence electrons. The van der Waals surface area contributed by atoms with E-state index >= 15 is 0 Å². The molecular formula is C17H14O2. The monoisotopic (exact) mass is 250 g/mol. The van der Waals surface area contributed by atoms with E-state index in [9.17, 15) is 4.79 Å². The number of rotatable bonds is 2. The van der Waals surface area contributed by atoms with Gasteiger partial charge in [-0.25, -0.2) is 0 Å². The van der Waals surface area contributed by atoms with Crippen molar-refractivity contribution >= 4 is 11.9 Å². The van der Waals surface area contributed by atoms with E-state index in [0.717, 1.165) is 16.9 Å². The van der Waals surface area contributed by atoms with Crippen LogP contribution in [-0.4, -0.2) is 5.78 Å². The summed E-state index contributed by atoms with van der Waals surface area (Å²) in [4.78, 5) is 12.1. The van der Waals surface area contributed by atoms with Crippen molar-refractivity contribution in [3.63, 3.8) is 0 Å². The maximum Gasteiger partial charge on any atom is 0.151 e. The van der Waals surface area contributed by atoms with Gasteiger partial charge in [-0.15, -0.1) is 0 Å². The van der Waals surface area contributed by atoms with Crippen LogP contribution in [-0.2, 0) is 4.79 Å². The van der Waals surface area contributed by atoms with Crippen molar-refractivity contribution < 1.29 is 9.21 Å². The highest BCUT2D eigenvalue weighted by atomic mass is 16.3. The number of hydrogen-bond donors (Lipinski definition) is 0. The molecule has 1 aromatic heterocycles. The van der Waals surface area contributed by atoms with Gasteiger partial charge in [0.2, 0.25) is 0 Å². The number of carbonyl (C=O) groups excluding carboxylic acids is 1. The van der Waals surface area contributed by atoms with E-state index in [-0.39, 0.29) is 11.7 Å². The van der Waals surface area contributed by atoms with Gasteiger partial charge in [0.15, 0.2) is 5.78 Å². The van der Waals surface area contributed by atoms with Crippen LogP contribution in [0.3, 0.4) is 0 Å². The molecule has 3 rings (SSSR count). The zero-order valence-electron chi connectivity index (χ0n) is 10.5. The Morgan fingerprint density at radius 3 is 2.63 bits per heavy atom. The molecule has 0 N–H and O–H groups in total. The van der Waals surface area contributed by atoms with E-state index in [1.165, 1.54) is 0 Å². The molecule has 1 aliphatic carbocycles. The molecule has 0 radical (unpaired) electrons. The van der Waals surface area contributed by atoms with Crippen molar-refractivity contribution in [1.29, 1.82) is 0 Å². The third-order valence-electron chi connectivity index (χ3n) is 3.23. The highest BCUT2D eigenvalue weighted by Crippen LogP contribution is 2.28. The first-order chi connectivity index (χ1) is 9.33. The van der Waals surface area contributed by atoms with Crippen LogP contribution in [0.2, 0.25) is 0 Å². The number of hydrogen-bond acceptors (Lipinski definition) is 2. The maximum atomic E-state index is 12.1. The number of carbonyl (C=O) groups is 1. The smallest absolute Gasteiger partial charge is 0.151 e. The van der Waals surface area contributed by atoms with E-state index in [0.29, 0.717) is 6.42 Å². The van der Waals surface area contributed by atoms with Crippen LogP contribution in [0.4, 0.5) is 0 Å². The lowest BCUT2D eigenvalue weighted by Gasteiger charge is -2.15. The zero-order valence-corrected chi connectivity index (χ0v) is 10.5. The van der Waals surface area contributed by atoms with Crippen molar-refractivity contribution in [3.05, 3.63) is 77.8 Å². The SMILES string of the molecule is O=C1CC(=Cc2ccccc2)C=CC1c1ccco1. The molecule has 1 aromatic carbocycles. The lowest BCUT2D eigenvalue weighted by molar-refractivity contribution is -0.119. The molecular weight excluding hydrogens is 236 g/mol. The third kappa shape index (κ3) is 2.58. The lowest BCUT2D eigenvalue weighted by atomic mass is 9.88. The minimum absolute atomic E-state index is 0.180. The van der Waals surface area contributed by atoms with Gasteiger partial charge in [0.05, 0.1) is 12.2 Å². The summed E-state index contributed by atoms with van der Waals surface area (Å²) in [6.45, 7) is 0. The quantitative estimate of drug-likeness (QED) is 0.807. The summed E-state index contributed by atoms with van der Waals surface area (Å²) in [6.07, 6.45) is 8.04. The molecule has 1 heterocycles. The van der Waals surface area contributed by atoms with Crippen LogP contribution in [0, 0.1) is 0 Å². The van der Waals surface area contributed by atoms with Crippen molar-refractivity contribution in [2.75, 3.05) is 0 Å². The van der Waals surface area contributed by atoms with E-state index in [4.69, 9.17) is 4.42 Å². The molecule has 2 nitrogen and oxygen atoms in total. The fourth-order valence-electron chi connectivity index (χ4n) is 2.28. The third-order valence-corrected chi connectivity index (χ3v) is 3.23. The van der Waals surface area contributed by atoms with Crippen molar-refractivity contribution in [1.82, 2.24) is 0 Å². The van der Waals surface area contributed by atoms with Gasteiger partial charge in [-0.2, -0.15) is 0 Å². The Kier molecular flexibility index (Phi) is 3.15. The fourth-order valence-corrected chi connectivity index (χ4v) is 2.28. The largest absolute Gasteiger partial charge is 0.468 e. The minimum atomic E-state index is -0.233. The Hall–Kier alpha value is -2.35. The summed E-state index contributed by atoms with van der Waals surface area (Å²) < 4.78 is 5.31. The second-order valence-corrected chi connectivity index (χ2v) is 4.63. The predicted molar refractivity (Wildman–Crippen MR) is 74.6 cm³/mol. The van der Waals surface area contributed by atoms with Gasteiger partial charge in [-0.3, -0.25) is 4.79 Å². The molecule has 0 aliphatic heterocycles. The van der Waals surface area contributed by atoms with Crippen LogP contribution in [0.1, 0.15) is 23.7 Å². The topological polar surface area (TPSA) is 30.2 Å². The first kappa shape index (κ1) is 11.7. The van der Waals surface area contributed by atoms with Crippen LogP contribution < -0.4 is 0 Å². The first-order valence-corrected chi connectivity index (χ1v) is 6.33. The highest BCUT2D eigenvalue weighted by molar-refractivity contribution is 5.92. The van der Waals surface area contributed by atoms with Gasteiger partial charge in [-0.1, -0.05) is 48.6 Å². The van der Waals surface area contributed by atoms with Crippen molar-refractivity contribution in [2.24, 2.45) is 0 Å². The van der Waals surface area contributed by atoms with E-state index in [1.54, 1.807) is 6.26 Å². The number of allylic oxidation sites excluding steroid dienone is 3. The molecule has 0 spiro atoms. The predicted octanol–water partition coefficient (Wildman–Crippen LogP) is 3.98. The van der Waals surface area contributed by atoms with Crippen molar-refractivity contribution in [2.45, 2.75) is 12.3 Å². The molecule has 1 atom stereocenters. The number of ketones is 1. The maximum absolute atomic E-state index is 12.1. The molecule has 0 fully saturated rings. The van der Waals surface area contributed by atoms with Gasteiger partial charge < -0.3 is 4.42 Å². The van der Waals surface area contributed by atoms with Crippen LogP contribution in [0.5, 0.6) is 0 Å². The first-order valence-electron chi connectivity index (χ1n) is 6.33. The van der Waals surface area contributed by atoms with Crippen molar-refractivity contribution in [3.8, 4) is 0 Å². The summed E-state index contributed by atoms with van der Waals surface area (Å²) in [5, 5.41) is 0. The summed E-state index contributed by atoms with van der Waals surface area (Å²) in [5.74, 6) is 0.669. The standard InChI is InChI=1S/C17H14O2/c18-16-12-14(11-13-5-2-1-3-6-13)8-9-15(16)17-7-4-10-19-17/h1-11,15H,12H2. The van der Waals surface area contributed by atoms with E-state index < -0.39 is 0 Å². The van der Waals surface area contributed by atoms with Gasteiger partial charge in [0, 0.05) is 6.42 Å². The average Bonchev–Trinajstić information content (AvgIpc) is 2.94. The minimum Gasteiger partial charge on any atom is -0.468 e. The summed E-state index contributed by atoms with van der Waals surface area (Å²) in [6, 6.07) is 13.7. The summed E-state index contributed by atoms with van der Waals surface area (Å²) in [7, 11) is 0. The van der Waals surface area contributed by atoms with Gasteiger partial charge >= 0.3 is 0 Å². The normalized spacial score (nSPS) is 20.9. The Balaban J connectivity index is 1.84. The lowest BCUT2D eigenvalue weighted by Crippen LogP contribution is -2.13. The van der Waals surface area contributed by atoms with Gasteiger partial charge in [-0.05, 0) is 23.3 Å². The van der Waals surface area contributed by atoms with E-state index in [1.807, 2.05) is 60.7 Å². The number of Topliss-reactive ketones (excluding diaryl/α,β-unsaturated/α-hetero) is 1. The van der Waals surface area contributed by atoms with Gasteiger partial charge in [0.25, 0.3) is 0 Å². The van der Waals surface area contributed by atoms with Crippen LogP contribution in [0.15, 0.2) is 70.9 Å². The fraction of sp³-hybridized carbons (Fsp3) is 0.118. The highest BCUT2D eigenvalue weighted by Gasteiger charge is 2.24. The molecule has 1 aliphatic rings. The number of furan rings is 1. The Labute approximate surface area is 112 Å². The molecule has 1 unspecified atom stereocenters. The molecule has 19 heavy (non-hydrogen) atoms. The molecule has 0 saturated heterocycles. The summed E-state index contributed by atoms with van der Waals surface area (Å²) in [5.41, 5.74) is 2.16. The number of benzene rings is 1. The second-order valence-electron chi connectivity index (χ2n) is 4.63.